The van der Waals surface area contributed by atoms with Crippen molar-refractivity contribution in [3.63, 3.8) is 0 Å². The predicted octanol–water partition coefficient (Wildman–Crippen LogP) is 18.9. The highest BCUT2D eigenvalue weighted by atomic mass is 16.6. The standard InChI is InChI=1S/C58H112O6/c1-6-7-8-9-10-11-12-16-23-28-33-38-43-48-56(59)62-51-55(64-58(61)50-45-40-35-30-25-20-15-18-22-27-32-37-42-47-54(4)5)52-63-57(60)49-44-39-34-29-24-19-14-13-17-21-26-31-36-41-46-53(2)3/h53-55H,6-52H2,1-5H3/t55-/m1/s1. The van der Waals surface area contributed by atoms with Gasteiger partial charge in [-0.3, -0.25) is 14.4 Å². The number of hydrogen-bond acceptors (Lipinski definition) is 6. The first-order valence-corrected chi connectivity index (χ1v) is 28.7. The molecule has 6 nitrogen and oxygen atoms in total. The van der Waals surface area contributed by atoms with Crippen molar-refractivity contribution >= 4 is 17.9 Å². The van der Waals surface area contributed by atoms with E-state index in [1.165, 1.54) is 212 Å². The normalized spacial score (nSPS) is 12.0. The van der Waals surface area contributed by atoms with Gasteiger partial charge in [0.05, 0.1) is 0 Å². The third-order valence-corrected chi connectivity index (χ3v) is 13.2. The zero-order valence-corrected chi connectivity index (χ0v) is 43.9. The molecule has 380 valence electrons. The Morgan fingerprint density at radius 2 is 0.516 bits per heavy atom. The van der Waals surface area contributed by atoms with Crippen LogP contribution in [-0.4, -0.2) is 37.2 Å². The average molecular weight is 906 g/mol. The van der Waals surface area contributed by atoms with Gasteiger partial charge in [-0.2, -0.15) is 0 Å². The number of esters is 3. The summed E-state index contributed by atoms with van der Waals surface area (Å²) in [4.78, 5) is 38.1. The minimum absolute atomic E-state index is 0.0626. The Bertz CT molecular complexity index is 978. The predicted molar refractivity (Wildman–Crippen MR) is 275 cm³/mol. The molecule has 1 atom stereocenters. The molecular weight excluding hydrogens is 793 g/mol. The van der Waals surface area contributed by atoms with Crippen LogP contribution in [-0.2, 0) is 28.6 Å². The van der Waals surface area contributed by atoms with E-state index in [2.05, 4.69) is 34.6 Å². The Balaban J connectivity index is 4.29. The van der Waals surface area contributed by atoms with Gasteiger partial charge in [0, 0.05) is 19.3 Å². The first-order valence-electron chi connectivity index (χ1n) is 28.7. The summed E-state index contributed by atoms with van der Waals surface area (Å²) in [6.45, 7) is 11.4. The fraction of sp³-hybridized carbons (Fsp3) is 0.948. The molecule has 0 aromatic carbocycles. The lowest BCUT2D eigenvalue weighted by molar-refractivity contribution is -0.167. The van der Waals surface area contributed by atoms with E-state index in [-0.39, 0.29) is 31.1 Å². The van der Waals surface area contributed by atoms with Crippen LogP contribution in [0, 0.1) is 11.8 Å². The Morgan fingerprint density at radius 3 is 0.766 bits per heavy atom. The molecule has 0 spiro atoms. The van der Waals surface area contributed by atoms with Crippen LogP contribution < -0.4 is 0 Å². The molecule has 0 aliphatic heterocycles. The molecule has 0 aromatic rings. The van der Waals surface area contributed by atoms with Gasteiger partial charge in [0.2, 0.25) is 0 Å². The lowest BCUT2D eigenvalue weighted by Gasteiger charge is -2.18. The molecule has 0 N–H and O–H groups in total. The first kappa shape index (κ1) is 62.4. The highest BCUT2D eigenvalue weighted by Crippen LogP contribution is 2.18. The van der Waals surface area contributed by atoms with E-state index in [4.69, 9.17) is 14.2 Å². The topological polar surface area (TPSA) is 78.9 Å². The Kier molecular flexibility index (Phi) is 49.6. The second-order valence-corrected chi connectivity index (χ2v) is 20.9. The van der Waals surface area contributed by atoms with Gasteiger partial charge in [-0.15, -0.1) is 0 Å². The minimum Gasteiger partial charge on any atom is -0.462 e. The van der Waals surface area contributed by atoms with Gasteiger partial charge < -0.3 is 14.2 Å². The molecule has 0 rings (SSSR count). The molecule has 0 aliphatic rings. The van der Waals surface area contributed by atoms with Crippen molar-refractivity contribution in [2.24, 2.45) is 11.8 Å². The number of hydrogen-bond donors (Lipinski definition) is 0. The fourth-order valence-corrected chi connectivity index (χ4v) is 8.87. The Hall–Kier alpha value is -1.59. The summed E-state index contributed by atoms with van der Waals surface area (Å²) in [5.74, 6) is 0.844. The van der Waals surface area contributed by atoms with Crippen LogP contribution in [0.25, 0.3) is 0 Å². The van der Waals surface area contributed by atoms with Gasteiger partial charge in [-0.25, -0.2) is 0 Å². The smallest absolute Gasteiger partial charge is 0.306 e. The van der Waals surface area contributed by atoms with Gasteiger partial charge in [-0.05, 0) is 31.1 Å². The molecule has 0 unspecified atom stereocenters. The van der Waals surface area contributed by atoms with Gasteiger partial charge in [-0.1, -0.05) is 285 Å². The van der Waals surface area contributed by atoms with E-state index in [0.29, 0.717) is 19.3 Å². The van der Waals surface area contributed by atoms with E-state index in [1.807, 2.05) is 0 Å². The molecule has 0 aromatic heterocycles. The number of carbonyl (C=O) groups excluding carboxylic acids is 3. The Labute approximate surface area is 399 Å². The molecule has 6 heteroatoms. The van der Waals surface area contributed by atoms with Crippen molar-refractivity contribution in [1.82, 2.24) is 0 Å². The zero-order chi connectivity index (χ0) is 46.8. The summed E-state index contributed by atoms with van der Waals surface area (Å²) in [5.41, 5.74) is 0. The molecule has 0 fully saturated rings. The van der Waals surface area contributed by atoms with Crippen molar-refractivity contribution in [3.05, 3.63) is 0 Å². The highest BCUT2D eigenvalue weighted by Gasteiger charge is 2.19. The molecule has 0 heterocycles. The van der Waals surface area contributed by atoms with Crippen molar-refractivity contribution in [1.29, 1.82) is 0 Å². The second-order valence-electron chi connectivity index (χ2n) is 20.9. The highest BCUT2D eigenvalue weighted by molar-refractivity contribution is 5.71. The summed E-state index contributed by atoms with van der Waals surface area (Å²) in [5, 5.41) is 0. The monoisotopic (exact) mass is 905 g/mol. The number of ether oxygens (including phenoxy) is 3. The van der Waals surface area contributed by atoms with Gasteiger partial charge >= 0.3 is 17.9 Å². The molecule has 64 heavy (non-hydrogen) atoms. The molecular formula is C58H112O6. The van der Waals surface area contributed by atoms with Crippen LogP contribution in [0.4, 0.5) is 0 Å². The SMILES string of the molecule is CCCCCCCCCCCCCCCC(=O)OC[C@H](COC(=O)CCCCCCCCCCCCCCCCC(C)C)OC(=O)CCCCCCCCCCCCCCCC(C)C. The molecule has 0 aliphatic carbocycles. The fourth-order valence-electron chi connectivity index (χ4n) is 8.87. The van der Waals surface area contributed by atoms with Crippen LogP contribution in [0.2, 0.25) is 0 Å². The minimum atomic E-state index is -0.762. The molecule has 0 saturated heterocycles. The van der Waals surface area contributed by atoms with Crippen LogP contribution in [0.15, 0.2) is 0 Å². The van der Waals surface area contributed by atoms with Crippen molar-refractivity contribution < 1.29 is 28.6 Å². The van der Waals surface area contributed by atoms with Crippen LogP contribution >= 0.6 is 0 Å². The third kappa shape index (κ3) is 51.4. The molecule has 0 saturated carbocycles. The maximum Gasteiger partial charge on any atom is 0.306 e. The molecule has 0 amide bonds. The van der Waals surface area contributed by atoms with Gasteiger partial charge in [0.1, 0.15) is 13.2 Å². The van der Waals surface area contributed by atoms with Crippen molar-refractivity contribution in [2.75, 3.05) is 13.2 Å². The lowest BCUT2D eigenvalue weighted by Crippen LogP contribution is -2.30. The lowest BCUT2D eigenvalue weighted by atomic mass is 10.0. The molecule has 0 radical (unpaired) electrons. The summed E-state index contributed by atoms with van der Waals surface area (Å²) in [6, 6.07) is 0. The average Bonchev–Trinajstić information content (AvgIpc) is 3.27. The van der Waals surface area contributed by atoms with Crippen LogP contribution in [0.1, 0.15) is 324 Å². The third-order valence-electron chi connectivity index (χ3n) is 13.2. The van der Waals surface area contributed by atoms with Crippen LogP contribution in [0.5, 0.6) is 0 Å². The zero-order valence-electron chi connectivity index (χ0n) is 43.9. The van der Waals surface area contributed by atoms with Crippen molar-refractivity contribution in [2.45, 2.75) is 330 Å². The largest absolute Gasteiger partial charge is 0.462 e. The van der Waals surface area contributed by atoms with Gasteiger partial charge in [0.15, 0.2) is 6.10 Å². The summed E-state index contributed by atoms with van der Waals surface area (Å²) >= 11 is 0. The van der Waals surface area contributed by atoms with E-state index in [1.54, 1.807) is 0 Å². The first-order chi connectivity index (χ1) is 31.2. The molecule has 0 bridgehead atoms. The number of unbranched alkanes of at least 4 members (excludes halogenated alkanes) is 37. The summed E-state index contributed by atoms with van der Waals surface area (Å²) in [7, 11) is 0. The maximum atomic E-state index is 12.8. The van der Waals surface area contributed by atoms with Crippen molar-refractivity contribution in [3.8, 4) is 0 Å². The quantitative estimate of drug-likeness (QED) is 0.0344. The summed E-state index contributed by atoms with van der Waals surface area (Å²) in [6.07, 6.45) is 53.7. The van der Waals surface area contributed by atoms with E-state index >= 15 is 0 Å². The second kappa shape index (κ2) is 50.8. The number of carbonyl (C=O) groups is 3. The van der Waals surface area contributed by atoms with E-state index in [9.17, 15) is 14.4 Å². The van der Waals surface area contributed by atoms with E-state index in [0.717, 1.165) is 69.6 Å². The van der Waals surface area contributed by atoms with Crippen LogP contribution in [0.3, 0.4) is 0 Å². The van der Waals surface area contributed by atoms with E-state index < -0.39 is 6.10 Å². The number of rotatable bonds is 52. The van der Waals surface area contributed by atoms with Gasteiger partial charge in [0.25, 0.3) is 0 Å². The maximum absolute atomic E-state index is 12.8. The summed E-state index contributed by atoms with van der Waals surface area (Å²) < 4.78 is 16.9. The Morgan fingerprint density at radius 1 is 0.297 bits per heavy atom.